The molecule has 134 valence electrons. The summed E-state index contributed by atoms with van der Waals surface area (Å²) < 4.78 is 0. The maximum Gasteiger partial charge on any atom is 0.324 e. The first-order valence-corrected chi connectivity index (χ1v) is 8.71. The van der Waals surface area contributed by atoms with Gasteiger partial charge < -0.3 is 10.2 Å². The molecule has 2 aliphatic rings. The van der Waals surface area contributed by atoms with E-state index in [-0.39, 0.29) is 35.8 Å². The number of benzene rings is 1. The lowest BCUT2D eigenvalue weighted by atomic mass is 9.91. The first-order chi connectivity index (χ1) is 11.8. The molecular weight excluding hydrogens is 318 g/mol. The van der Waals surface area contributed by atoms with Crippen LogP contribution in [0.15, 0.2) is 30.3 Å². The third kappa shape index (κ3) is 3.67. The number of carbonyl (C=O) groups excluding carboxylic acids is 3. The zero-order valence-corrected chi connectivity index (χ0v) is 15.0. The zero-order valence-electron chi connectivity index (χ0n) is 15.0. The first-order valence-electron chi connectivity index (χ1n) is 8.71. The van der Waals surface area contributed by atoms with E-state index in [1.165, 1.54) is 4.90 Å². The number of carbonyl (C=O) groups is 3. The fourth-order valence-electron chi connectivity index (χ4n) is 3.50. The van der Waals surface area contributed by atoms with Crippen molar-refractivity contribution in [1.29, 1.82) is 0 Å². The van der Waals surface area contributed by atoms with E-state index >= 15 is 0 Å². The smallest absolute Gasteiger partial charge is 0.324 e. The van der Waals surface area contributed by atoms with Crippen LogP contribution < -0.4 is 5.32 Å². The third-order valence-electron chi connectivity index (χ3n) is 4.66. The van der Waals surface area contributed by atoms with Crippen LogP contribution in [0.2, 0.25) is 0 Å². The number of nitrogens with zero attached hydrogens (tertiary/aromatic N) is 2. The molecule has 1 N–H and O–H groups in total. The molecule has 0 aliphatic carbocycles. The average Bonchev–Trinajstić information content (AvgIpc) is 2.95. The van der Waals surface area contributed by atoms with Crippen molar-refractivity contribution in [1.82, 2.24) is 15.1 Å². The summed E-state index contributed by atoms with van der Waals surface area (Å²) in [5.41, 5.74) is 0.745. The summed E-state index contributed by atoms with van der Waals surface area (Å²) in [5, 5.41) is 2.90. The fraction of sp³-hybridized carbons (Fsp3) is 0.526. The predicted octanol–water partition coefficient (Wildman–Crippen LogP) is 2.14. The van der Waals surface area contributed by atoms with Gasteiger partial charge in [0, 0.05) is 13.0 Å². The molecule has 2 fully saturated rings. The molecule has 2 aliphatic heterocycles. The molecule has 1 aromatic carbocycles. The predicted molar refractivity (Wildman–Crippen MR) is 93.5 cm³/mol. The molecule has 2 saturated heterocycles. The van der Waals surface area contributed by atoms with Gasteiger partial charge in [-0.15, -0.1) is 0 Å². The summed E-state index contributed by atoms with van der Waals surface area (Å²) in [4.78, 5) is 40.8. The van der Waals surface area contributed by atoms with E-state index in [2.05, 4.69) is 5.32 Å². The minimum atomic E-state index is -0.587. The van der Waals surface area contributed by atoms with Gasteiger partial charge in [0.15, 0.2) is 0 Å². The van der Waals surface area contributed by atoms with Gasteiger partial charge in [-0.3, -0.25) is 14.5 Å². The number of hydrogen-bond donors (Lipinski definition) is 1. The number of imide groups is 1. The lowest BCUT2D eigenvalue weighted by Gasteiger charge is -2.37. The molecule has 25 heavy (non-hydrogen) atoms. The van der Waals surface area contributed by atoms with Gasteiger partial charge in [0.25, 0.3) is 5.91 Å². The Kier molecular flexibility index (Phi) is 4.54. The van der Waals surface area contributed by atoms with Gasteiger partial charge in [-0.25, -0.2) is 4.79 Å². The minimum absolute atomic E-state index is 0.0239. The molecule has 4 amide bonds. The van der Waals surface area contributed by atoms with Gasteiger partial charge in [0.05, 0.1) is 12.6 Å². The van der Waals surface area contributed by atoms with Crippen LogP contribution in [-0.2, 0) is 16.1 Å². The molecule has 0 spiro atoms. The van der Waals surface area contributed by atoms with E-state index in [1.54, 1.807) is 4.90 Å². The number of nitrogens with one attached hydrogen (secondary N) is 1. The van der Waals surface area contributed by atoms with E-state index in [1.807, 2.05) is 51.1 Å². The molecule has 1 aromatic rings. The Hall–Kier alpha value is -2.37. The molecule has 0 aromatic heterocycles. The Labute approximate surface area is 148 Å². The maximum atomic E-state index is 13.0. The highest BCUT2D eigenvalue weighted by atomic mass is 16.2. The van der Waals surface area contributed by atoms with Gasteiger partial charge in [-0.1, -0.05) is 51.1 Å². The highest BCUT2D eigenvalue weighted by Gasteiger charge is 2.49. The number of amides is 4. The van der Waals surface area contributed by atoms with Crippen molar-refractivity contribution in [3.05, 3.63) is 35.9 Å². The maximum absolute atomic E-state index is 13.0. The minimum Gasteiger partial charge on any atom is -0.332 e. The van der Waals surface area contributed by atoms with E-state index in [4.69, 9.17) is 0 Å². The average molecular weight is 343 g/mol. The summed E-state index contributed by atoms with van der Waals surface area (Å²) in [5.74, 6) is -0.304. The lowest BCUT2D eigenvalue weighted by Crippen LogP contribution is -2.64. The number of fused-ring (bicyclic) bond motifs is 1. The van der Waals surface area contributed by atoms with Crippen LogP contribution >= 0.6 is 0 Å². The van der Waals surface area contributed by atoms with Gasteiger partial charge in [0.1, 0.15) is 6.04 Å². The molecule has 0 radical (unpaired) electrons. The van der Waals surface area contributed by atoms with Crippen molar-refractivity contribution in [2.24, 2.45) is 5.41 Å². The number of hydrogen-bond acceptors (Lipinski definition) is 3. The van der Waals surface area contributed by atoms with Gasteiger partial charge in [-0.05, 0) is 17.4 Å². The normalized spacial score (nSPS) is 23.5. The molecule has 0 unspecified atom stereocenters. The monoisotopic (exact) mass is 343 g/mol. The van der Waals surface area contributed by atoms with Gasteiger partial charge >= 0.3 is 6.03 Å². The first kappa shape index (κ1) is 17.5. The molecule has 0 bridgehead atoms. The van der Waals surface area contributed by atoms with Crippen LogP contribution in [0.25, 0.3) is 0 Å². The number of urea groups is 1. The van der Waals surface area contributed by atoms with E-state index in [0.717, 1.165) is 5.56 Å². The van der Waals surface area contributed by atoms with E-state index in [9.17, 15) is 14.4 Å². The molecule has 0 saturated carbocycles. The van der Waals surface area contributed by atoms with Crippen LogP contribution in [0.3, 0.4) is 0 Å². The van der Waals surface area contributed by atoms with Crippen molar-refractivity contribution in [2.75, 3.05) is 6.54 Å². The van der Waals surface area contributed by atoms with Crippen LogP contribution in [0.1, 0.15) is 39.2 Å². The summed E-state index contributed by atoms with van der Waals surface area (Å²) in [7, 11) is 0. The molecule has 6 nitrogen and oxygen atoms in total. The van der Waals surface area contributed by atoms with Gasteiger partial charge in [-0.2, -0.15) is 0 Å². The topological polar surface area (TPSA) is 69.7 Å². The lowest BCUT2D eigenvalue weighted by molar-refractivity contribution is -0.145. The quantitative estimate of drug-likeness (QED) is 0.914. The fourth-order valence-corrected chi connectivity index (χ4v) is 3.50. The Morgan fingerprint density at radius 1 is 1.20 bits per heavy atom. The van der Waals surface area contributed by atoms with Gasteiger partial charge in [0.2, 0.25) is 5.91 Å². The SMILES string of the molecule is CC(C)(C)CC(=O)N1CC[C@@H]2NC(=O)N(Cc3ccccc3)C(=O)[C@H]21. The van der Waals surface area contributed by atoms with Crippen LogP contribution in [0.4, 0.5) is 4.79 Å². The van der Waals surface area contributed by atoms with Crippen molar-refractivity contribution < 1.29 is 14.4 Å². The summed E-state index contributed by atoms with van der Waals surface area (Å²) >= 11 is 0. The molecule has 6 heteroatoms. The Balaban J connectivity index is 1.78. The van der Waals surface area contributed by atoms with Crippen molar-refractivity contribution in [3.63, 3.8) is 0 Å². The third-order valence-corrected chi connectivity index (χ3v) is 4.66. The summed E-state index contributed by atoms with van der Waals surface area (Å²) in [6.45, 7) is 6.74. The number of likely N-dealkylation sites (tertiary alicyclic amines) is 1. The second kappa shape index (κ2) is 6.50. The summed E-state index contributed by atoms with van der Waals surface area (Å²) in [6.07, 6.45) is 1.01. The van der Waals surface area contributed by atoms with Crippen LogP contribution in [0.5, 0.6) is 0 Å². The standard InChI is InChI=1S/C19H25N3O3/c1-19(2,3)11-15(23)21-10-9-14-16(21)17(24)22(18(25)20-14)12-13-7-5-4-6-8-13/h4-8,14,16H,9-12H2,1-3H3,(H,20,25)/t14-,16-/m0/s1. The second-order valence-electron chi connectivity index (χ2n) is 8.02. The van der Waals surface area contributed by atoms with Crippen molar-refractivity contribution >= 4 is 17.8 Å². The molecular formula is C19H25N3O3. The molecule has 3 rings (SSSR count). The summed E-state index contributed by atoms with van der Waals surface area (Å²) in [6, 6.07) is 8.15. The Morgan fingerprint density at radius 2 is 1.88 bits per heavy atom. The second-order valence-corrected chi connectivity index (χ2v) is 8.02. The number of rotatable bonds is 3. The highest BCUT2D eigenvalue weighted by Crippen LogP contribution is 2.28. The van der Waals surface area contributed by atoms with Crippen molar-refractivity contribution in [2.45, 2.75) is 52.2 Å². The Bertz CT molecular complexity index is 681. The van der Waals surface area contributed by atoms with Crippen LogP contribution in [0, 0.1) is 5.41 Å². The molecule has 2 atom stereocenters. The largest absolute Gasteiger partial charge is 0.332 e. The van der Waals surface area contributed by atoms with E-state index in [0.29, 0.717) is 19.4 Å². The van der Waals surface area contributed by atoms with Crippen LogP contribution in [-0.4, -0.2) is 46.3 Å². The highest BCUT2D eigenvalue weighted by molar-refractivity contribution is 6.02. The van der Waals surface area contributed by atoms with E-state index < -0.39 is 6.04 Å². The molecule has 2 heterocycles. The van der Waals surface area contributed by atoms with Crippen molar-refractivity contribution in [3.8, 4) is 0 Å². The zero-order chi connectivity index (χ0) is 18.2. The Morgan fingerprint density at radius 3 is 2.52 bits per heavy atom.